The van der Waals surface area contributed by atoms with Crippen LogP contribution < -0.4 is 0 Å². The van der Waals surface area contributed by atoms with E-state index in [1.165, 1.54) is 0 Å². The van der Waals surface area contributed by atoms with E-state index in [1.54, 1.807) is 6.08 Å². The highest BCUT2D eigenvalue weighted by molar-refractivity contribution is 5.69. The summed E-state index contributed by atoms with van der Waals surface area (Å²) in [4.78, 5) is 11.2. The van der Waals surface area contributed by atoms with Crippen LogP contribution in [0.2, 0.25) is 0 Å². The molecule has 0 aromatic carbocycles. The lowest BCUT2D eigenvalue weighted by Crippen LogP contribution is -2.14. The molecule has 2 heteroatoms. The predicted octanol–water partition coefficient (Wildman–Crippen LogP) is 3.24. The number of ether oxygens (including phenoxy) is 1. The summed E-state index contributed by atoms with van der Waals surface area (Å²) in [5, 5.41) is 0. The van der Waals surface area contributed by atoms with Crippen LogP contribution in [0.25, 0.3) is 0 Å². The van der Waals surface area contributed by atoms with Gasteiger partial charge in [0, 0.05) is 6.42 Å². The van der Waals surface area contributed by atoms with Crippen LogP contribution >= 0.6 is 0 Å². The molecule has 0 aromatic rings. The van der Waals surface area contributed by atoms with Gasteiger partial charge in [-0.25, -0.2) is 0 Å². The molecule has 0 radical (unpaired) electrons. The molecule has 0 aliphatic carbocycles. The Balaban J connectivity index is 3.49. The summed E-state index contributed by atoms with van der Waals surface area (Å²) < 4.78 is 5.18. The number of rotatable bonds is 8. The Morgan fingerprint density at radius 2 is 2.00 bits per heavy atom. The highest BCUT2D eigenvalue weighted by atomic mass is 16.5. The summed E-state index contributed by atoms with van der Waals surface area (Å²) in [6.07, 6.45) is 7.68. The molecule has 80 valence electrons. The molecule has 0 aromatic heterocycles. The maximum atomic E-state index is 11.2. The van der Waals surface area contributed by atoms with E-state index in [4.69, 9.17) is 4.74 Å². The molecular formula is C12H20O2. The Morgan fingerprint density at radius 1 is 1.36 bits per heavy atom. The molecular weight excluding hydrogens is 176 g/mol. The Morgan fingerprint density at radius 3 is 2.57 bits per heavy atom. The van der Waals surface area contributed by atoms with Crippen LogP contribution in [0.3, 0.4) is 0 Å². The fourth-order valence-corrected chi connectivity index (χ4v) is 1.11. The van der Waals surface area contributed by atoms with Gasteiger partial charge in [-0.05, 0) is 32.6 Å². The number of allylic oxidation sites excluding steroid dienone is 2. The average molecular weight is 196 g/mol. The third-order valence-electron chi connectivity index (χ3n) is 1.90. The highest BCUT2D eigenvalue weighted by Gasteiger charge is 2.07. The first-order valence-electron chi connectivity index (χ1n) is 5.12. The number of esters is 1. The van der Waals surface area contributed by atoms with Gasteiger partial charge in [0.05, 0.1) is 6.10 Å². The quantitative estimate of drug-likeness (QED) is 0.338. The number of carbonyl (C=O) groups excluding carboxylic acids is 1. The monoisotopic (exact) mass is 196 g/mol. The maximum absolute atomic E-state index is 11.2. The van der Waals surface area contributed by atoms with E-state index < -0.39 is 0 Å². The molecule has 0 saturated carbocycles. The molecule has 0 unspecified atom stereocenters. The van der Waals surface area contributed by atoms with Crippen molar-refractivity contribution in [2.24, 2.45) is 0 Å². The zero-order valence-electron chi connectivity index (χ0n) is 9.00. The van der Waals surface area contributed by atoms with E-state index >= 15 is 0 Å². The summed E-state index contributed by atoms with van der Waals surface area (Å²) in [6.45, 7) is 9.12. The van der Waals surface area contributed by atoms with Crippen LogP contribution in [0.1, 0.15) is 39.0 Å². The average Bonchev–Trinajstić information content (AvgIpc) is 2.15. The van der Waals surface area contributed by atoms with Gasteiger partial charge in [0.1, 0.15) is 0 Å². The second-order valence-electron chi connectivity index (χ2n) is 3.35. The topological polar surface area (TPSA) is 26.3 Å². The molecule has 14 heavy (non-hydrogen) atoms. The zero-order chi connectivity index (χ0) is 10.8. The standard InChI is InChI=1S/C12H20O2/c1-4-6-8-9-11(3)14-12(13)10-7-5-2/h4-5,11H,1-2,6-10H2,3H3/t11-/m1/s1. The van der Waals surface area contributed by atoms with Crippen LogP contribution in [0.4, 0.5) is 0 Å². The van der Waals surface area contributed by atoms with Gasteiger partial charge in [0.25, 0.3) is 0 Å². The Labute approximate surface area is 86.6 Å². The second kappa shape index (κ2) is 8.54. The minimum absolute atomic E-state index is 0.0206. The third kappa shape index (κ3) is 7.59. The van der Waals surface area contributed by atoms with Crippen LogP contribution in [0.5, 0.6) is 0 Å². The fourth-order valence-electron chi connectivity index (χ4n) is 1.11. The lowest BCUT2D eigenvalue weighted by atomic mass is 10.2. The first kappa shape index (κ1) is 12.9. The lowest BCUT2D eigenvalue weighted by molar-refractivity contribution is -0.148. The molecule has 0 fully saturated rings. The van der Waals surface area contributed by atoms with Crippen LogP contribution in [0, 0.1) is 0 Å². The maximum Gasteiger partial charge on any atom is 0.306 e. The SMILES string of the molecule is C=CCCC[C@@H](C)OC(=O)CCC=C. The van der Waals surface area contributed by atoms with Gasteiger partial charge in [0.2, 0.25) is 0 Å². The van der Waals surface area contributed by atoms with Gasteiger partial charge in [-0.1, -0.05) is 12.2 Å². The summed E-state index contributed by atoms with van der Waals surface area (Å²) in [7, 11) is 0. The zero-order valence-corrected chi connectivity index (χ0v) is 9.00. The molecule has 0 bridgehead atoms. The van der Waals surface area contributed by atoms with Crippen molar-refractivity contribution in [3.05, 3.63) is 25.3 Å². The van der Waals surface area contributed by atoms with E-state index in [1.807, 2.05) is 13.0 Å². The Bertz CT molecular complexity index is 185. The van der Waals surface area contributed by atoms with Gasteiger partial charge in [-0.3, -0.25) is 4.79 Å². The van der Waals surface area contributed by atoms with Gasteiger partial charge in [0.15, 0.2) is 0 Å². The van der Waals surface area contributed by atoms with E-state index in [2.05, 4.69) is 13.2 Å². The summed E-state index contributed by atoms with van der Waals surface area (Å²) in [5.74, 6) is -0.129. The van der Waals surface area contributed by atoms with E-state index in [9.17, 15) is 4.79 Å². The smallest absolute Gasteiger partial charge is 0.306 e. The molecule has 0 amide bonds. The molecule has 0 saturated heterocycles. The van der Waals surface area contributed by atoms with Gasteiger partial charge < -0.3 is 4.74 Å². The summed E-state index contributed by atoms with van der Waals surface area (Å²) in [6, 6.07) is 0. The van der Waals surface area contributed by atoms with Gasteiger partial charge in [-0.15, -0.1) is 13.2 Å². The number of carbonyl (C=O) groups is 1. The molecule has 0 N–H and O–H groups in total. The first-order valence-corrected chi connectivity index (χ1v) is 5.12. The van der Waals surface area contributed by atoms with Crippen molar-refractivity contribution < 1.29 is 9.53 Å². The van der Waals surface area contributed by atoms with Crippen LogP contribution in [0.15, 0.2) is 25.3 Å². The first-order chi connectivity index (χ1) is 6.70. The molecule has 0 rings (SSSR count). The van der Waals surface area contributed by atoms with Crippen molar-refractivity contribution in [3.63, 3.8) is 0 Å². The Hall–Kier alpha value is -1.05. The summed E-state index contributed by atoms with van der Waals surface area (Å²) >= 11 is 0. The minimum Gasteiger partial charge on any atom is -0.463 e. The highest BCUT2D eigenvalue weighted by Crippen LogP contribution is 2.06. The van der Waals surface area contributed by atoms with Crippen LogP contribution in [-0.4, -0.2) is 12.1 Å². The van der Waals surface area contributed by atoms with Crippen molar-refractivity contribution >= 4 is 5.97 Å². The molecule has 0 heterocycles. The van der Waals surface area contributed by atoms with E-state index in [-0.39, 0.29) is 12.1 Å². The van der Waals surface area contributed by atoms with Crippen molar-refractivity contribution in [2.45, 2.75) is 45.1 Å². The number of hydrogen-bond donors (Lipinski definition) is 0. The van der Waals surface area contributed by atoms with Crippen molar-refractivity contribution in [1.82, 2.24) is 0 Å². The number of unbranched alkanes of at least 4 members (excludes halogenated alkanes) is 1. The van der Waals surface area contributed by atoms with Crippen LogP contribution in [-0.2, 0) is 9.53 Å². The molecule has 1 atom stereocenters. The molecule has 0 aliphatic heterocycles. The molecule has 2 nitrogen and oxygen atoms in total. The summed E-state index contributed by atoms with van der Waals surface area (Å²) in [5.41, 5.74) is 0. The third-order valence-corrected chi connectivity index (χ3v) is 1.90. The number of hydrogen-bond acceptors (Lipinski definition) is 2. The fraction of sp³-hybridized carbons (Fsp3) is 0.583. The van der Waals surface area contributed by atoms with E-state index in [0.29, 0.717) is 12.8 Å². The second-order valence-corrected chi connectivity index (χ2v) is 3.35. The lowest BCUT2D eigenvalue weighted by Gasteiger charge is -2.11. The molecule has 0 spiro atoms. The van der Waals surface area contributed by atoms with Gasteiger partial charge in [-0.2, -0.15) is 0 Å². The van der Waals surface area contributed by atoms with Crippen molar-refractivity contribution in [1.29, 1.82) is 0 Å². The molecule has 0 aliphatic rings. The minimum atomic E-state index is -0.129. The van der Waals surface area contributed by atoms with Crippen molar-refractivity contribution in [2.75, 3.05) is 0 Å². The Kier molecular flexibility index (Phi) is 7.90. The van der Waals surface area contributed by atoms with Gasteiger partial charge >= 0.3 is 5.97 Å². The predicted molar refractivity (Wildman–Crippen MR) is 59.0 cm³/mol. The normalized spacial score (nSPS) is 11.8. The largest absolute Gasteiger partial charge is 0.463 e. The van der Waals surface area contributed by atoms with Crippen molar-refractivity contribution in [3.8, 4) is 0 Å². The van der Waals surface area contributed by atoms with E-state index in [0.717, 1.165) is 19.3 Å².